The van der Waals surface area contributed by atoms with Crippen molar-refractivity contribution in [3.63, 3.8) is 0 Å². The number of aliphatic hydroxyl groups excluding tert-OH is 2. The van der Waals surface area contributed by atoms with Gasteiger partial charge in [0.1, 0.15) is 0 Å². The van der Waals surface area contributed by atoms with Gasteiger partial charge in [-0.15, -0.1) is 0 Å². The van der Waals surface area contributed by atoms with Crippen molar-refractivity contribution in [2.75, 3.05) is 78.7 Å². The molecule has 2 unspecified atom stereocenters. The van der Waals surface area contributed by atoms with Crippen LogP contribution >= 0.6 is 0 Å². The summed E-state index contributed by atoms with van der Waals surface area (Å²) in [7, 11) is 0. The molecule has 0 spiro atoms. The molecule has 0 aromatic carbocycles. The van der Waals surface area contributed by atoms with E-state index >= 15 is 0 Å². The zero-order valence-corrected chi connectivity index (χ0v) is 53.0. The van der Waals surface area contributed by atoms with E-state index in [9.17, 15) is 19.8 Å². The fourth-order valence-corrected chi connectivity index (χ4v) is 11.0. The zero-order chi connectivity index (χ0) is 56.7. The summed E-state index contributed by atoms with van der Waals surface area (Å²) in [6.07, 6.45) is 59.1. The number of unbranched alkanes of at least 4 members (excludes halogenated alkanes) is 41. The lowest BCUT2D eigenvalue weighted by atomic mass is 10.1. The molecule has 0 amide bonds. The number of hydrogen-bond acceptors (Lipinski definition) is 10. The second kappa shape index (κ2) is 64.9. The van der Waals surface area contributed by atoms with Gasteiger partial charge in [0.05, 0.1) is 38.3 Å². The number of esters is 2. The second-order valence-electron chi connectivity index (χ2n) is 24.1. The predicted molar refractivity (Wildman–Crippen MR) is 337 cm³/mol. The first-order chi connectivity index (χ1) is 38.4. The van der Waals surface area contributed by atoms with Gasteiger partial charge in [0.25, 0.3) is 0 Å². The molecule has 10 heteroatoms. The first-order valence-corrected chi connectivity index (χ1v) is 34.9. The highest BCUT2D eigenvalue weighted by Crippen LogP contribution is 2.16. The van der Waals surface area contributed by atoms with Crippen LogP contribution in [-0.4, -0.2) is 123 Å². The van der Waals surface area contributed by atoms with Gasteiger partial charge in [-0.1, -0.05) is 285 Å². The summed E-state index contributed by atoms with van der Waals surface area (Å²) in [5, 5.41) is 29.1. The molecule has 466 valence electrons. The van der Waals surface area contributed by atoms with Gasteiger partial charge in [0, 0.05) is 39.3 Å². The van der Waals surface area contributed by atoms with E-state index in [1.807, 2.05) is 0 Å². The van der Waals surface area contributed by atoms with Crippen molar-refractivity contribution < 1.29 is 29.3 Å². The van der Waals surface area contributed by atoms with Crippen molar-refractivity contribution in [3.05, 3.63) is 0 Å². The number of nitrogens with one attached hydrogen (secondary N) is 2. The van der Waals surface area contributed by atoms with E-state index in [-0.39, 0.29) is 11.9 Å². The number of aliphatic hydroxyl groups is 2. The monoisotopic (exact) mass is 1110 g/mol. The smallest absolute Gasteiger partial charge is 0.307 e. The summed E-state index contributed by atoms with van der Waals surface area (Å²) in [6, 6.07) is 0. The molecule has 10 nitrogen and oxygen atoms in total. The molecule has 0 fully saturated rings. The van der Waals surface area contributed by atoms with Gasteiger partial charge in [0.2, 0.25) is 0 Å². The fourth-order valence-electron chi connectivity index (χ4n) is 11.0. The molecule has 0 aliphatic carbocycles. The Bertz CT molecular complexity index is 1180. The van der Waals surface area contributed by atoms with Gasteiger partial charge >= 0.3 is 11.9 Å². The molecule has 0 saturated carbocycles. The van der Waals surface area contributed by atoms with Crippen LogP contribution in [0.5, 0.6) is 0 Å². The average molecular weight is 1110 g/mol. The third-order valence-corrected chi connectivity index (χ3v) is 16.1. The summed E-state index contributed by atoms with van der Waals surface area (Å²) in [5.74, 6) is -0.297. The third-order valence-electron chi connectivity index (χ3n) is 16.1. The van der Waals surface area contributed by atoms with Crippen LogP contribution in [0, 0.1) is 0 Å². The van der Waals surface area contributed by atoms with Crippen molar-refractivity contribution in [3.8, 4) is 0 Å². The highest BCUT2D eigenvalue weighted by atomic mass is 16.5. The quantitative estimate of drug-likeness (QED) is 0.0346. The maximum Gasteiger partial charge on any atom is 0.307 e. The van der Waals surface area contributed by atoms with Crippen LogP contribution in [0.3, 0.4) is 0 Å². The first kappa shape index (κ1) is 76.7. The summed E-state index contributed by atoms with van der Waals surface area (Å²) in [4.78, 5) is 29.8. The van der Waals surface area contributed by atoms with Crippen LogP contribution < -0.4 is 10.6 Å². The Kier molecular flexibility index (Phi) is 63.8. The Morgan fingerprint density at radius 1 is 0.321 bits per heavy atom. The number of carbonyl (C=O) groups is 2. The molecular formula is C68H138N4O6. The minimum atomic E-state index is -0.499. The second-order valence-corrected chi connectivity index (χ2v) is 24.1. The summed E-state index contributed by atoms with van der Waals surface area (Å²) in [6.45, 7) is 17.3. The molecule has 2 atom stereocenters. The Hall–Kier alpha value is -1.30. The van der Waals surface area contributed by atoms with Crippen molar-refractivity contribution in [1.82, 2.24) is 20.4 Å². The number of rotatable bonds is 67. The van der Waals surface area contributed by atoms with Gasteiger partial charge in [0.15, 0.2) is 0 Å². The molecule has 78 heavy (non-hydrogen) atoms. The maximum atomic E-state index is 12.5. The lowest BCUT2D eigenvalue weighted by Crippen LogP contribution is -2.41. The minimum Gasteiger partial charge on any atom is -0.466 e. The predicted octanol–water partition coefficient (Wildman–Crippen LogP) is 17.4. The van der Waals surface area contributed by atoms with E-state index in [0.717, 1.165) is 77.5 Å². The van der Waals surface area contributed by atoms with Gasteiger partial charge < -0.3 is 40.1 Å². The lowest BCUT2D eigenvalue weighted by Gasteiger charge is -2.27. The van der Waals surface area contributed by atoms with Crippen molar-refractivity contribution in [1.29, 1.82) is 0 Å². The molecule has 0 saturated heterocycles. The van der Waals surface area contributed by atoms with Crippen LogP contribution in [0.15, 0.2) is 0 Å². The Balaban J connectivity index is 4.99. The number of carbonyl (C=O) groups excluding carboxylic acids is 2. The van der Waals surface area contributed by atoms with Crippen LogP contribution in [0.2, 0.25) is 0 Å². The van der Waals surface area contributed by atoms with E-state index in [1.54, 1.807) is 0 Å². The molecule has 0 aliphatic heterocycles. The number of nitrogens with zero attached hydrogens (tertiary/aromatic N) is 2. The standard InChI is InChI=1S/C68H138N4O6/c1-5-9-13-17-21-25-28-31-34-37-41-45-55-71(63-65(73)61-69-53-51-67(75)77-59-49-43-39-24-20-16-12-8-4)57-47-48-58-72(56-46-42-38-35-32-29-26-22-18-14-10-6-2)64-66(74)62-70-54-52-68(76)78-60-50-44-40-36-33-30-27-23-19-15-11-7-3/h65-66,69-70,73-74H,5-64H2,1-4H3. The molecule has 0 aromatic rings. The summed E-state index contributed by atoms with van der Waals surface area (Å²) in [5.41, 5.74) is 0. The van der Waals surface area contributed by atoms with E-state index in [2.05, 4.69) is 48.1 Å². The SMILES string of the molecule is CCCCCCCCCCCCCCOC(=O)CCNCC(O)CN(CCCCCCCCCCCCCC)CCCCN(CCCCCCCCCCCCCC)CC(O)CNCCC(=O)OCCCCCCCCCC. The van der Waals surface area contributed by atoms with E-state index < -0.39 is 12.2 Å². The molecule has 4 N–H and O–H groups in total. The highest BCUT2D eigenvalue weighted by Gasteiger charge is 2.15. The van der Waals surface area contributed by atoms with E-state index in [4.69, 9.17) is 9.47 Å². The normalized spacial score (nSPS) is 12.6. The molecule has 0 heterocycles. The summed E-state index contributed by atoms with van der Waals surface area (Å²) >= 11 is 0. The van der Waals surface area contributed by atoms with Crippen LogP contribution in [0.1, 0.15) is 336 Å². The molecule has 0 rings (SSSR count). The molecule has 0 bridgehead atoms. The van der Waals surface area contributed by atoms with Crippen molar-refractivity contribution >= 4 is 11.9 Å². The molecule has 0 radical (unpaired) electrons. The van der Waals surface area contributed by atoms with Crippen LogP contribution in [0.25, 0.3) is 0 Å². The first-order valence-electron chi connectivity index (χ1n) is 34.9. The fraction of sp³-hybridized carbons (Fsp3) is 0.971. The topological polar surface area (TPSA) is 124 Å². The van der Waals surface area contributed by atoms with Gasteiger partial charge in [-0.3, -0.25) is 9.59 Å². The van der Waals surface area contributed by atoms with Crippen LogP contribution in [0.4, 0.5) is 0 Å². The Morgan fingerprint density at radius 2 is 0.526 bits per heavy atom. The summed E-state index contributed by atoms with van der Waals surface area (Å²) < 4.78 is 11.0. The van der Waals surface area contributed by atoms with Crippen molar-refractivity contribution in [2.24, 2.45) is 0 Å². The molecule has 0 aliphatic rings. The van der Waals surface area contributed by atoms with Gasteiger partial charge in [-0.05, 0) is 64.7 Å². The number of ether oxygens (including phenoxy) is 2. The molecular weight excluding hydrogens is 969 g/mol. The highest BCUT2D eigenvalue weighted by molar-refractivity contribution is 5.69. The van der Waals surface area contributed by atoms with Gasteiger partial charge in [-0.2, -0.15) is 0 Å². The zero-order valence-electron chi connectivity index (χ0n) is 53.0. The maximum absolute atomic E-state index is 12.5. The Morgan fingerprint density at radius 3 is 0.769 bits per heavy atom. The largest absolute Gasteiger partial charge is 0.466 e. The average Bonchev–Trinajstić information content (AvgIpc) is 3.43. The lowest BCUT2D eigenvalue weighted by molar-refractivity contribution is -0.144. The minimum absolute atomic E-state index is 0.147. The Labute approximate surface area is 486 Å². The van der Waals surface area contributed by atoms with Crippen LogP contribution in [-0.2, 0) is 19.1 Å². The van der Waals surface area contributed by atoms with Crippen molar-refractivity contribution in [2.45, 2.75) is 348 Å². The van der Waals surface area contributed by atoms with E-state index in [0.29, 0.717) is 65.3 Å². The molecule has 0 aromatic heterocycles. The van der Waals surface area contributed by atoms with E-state index in [1.165, 1.54) is 244 Å². The number of hydrogen-bond donors (Lipinski definition) is 4. The van der Waals surface area contributed by atoms with Gasteiger partial charge in [-0.25, -0.2) is 0 Å². The third kappa shape index (κ3) is 60.8.